The lowest BCUT2D eigenvalue weighted by atomic mass is 10.2. The quantitative estimate of drug-likeness (QED) is 0.830. The van der Waals surface area contributed by atoms with Crippen LogP contribution in [0.1, 0.15) is 10.4 Å². The van der Waals surface area contributed by atoms with Crippen molar-refractivity contribution in [1.29, 1.82) is 0 Å². The Balaban J connectivity index is 2.02. The molecule has 0 radical (unpaired) electrons. The SMILES string of the molecule is NC(=S)COc1ccc(NC(=O)c2ccccc2Cl)cc1. The van der Waals surface area contributed by atoms with Crippen LogP contribution in [0, 0.1) is 0 Å². The maximum atomic E-state index is 12.1. The van der Waals surface area contributed by atoms with E-state index in [-0.39, 0.29) is 17.5 Å². The molecule has 6 heteroatoms. The van der Waals surface area contributed by atoms with Crippen LogP contribution < -0.4 is 15.8 Å². The van der Waals surface area contributed by atoms with Gasteiger partial charge >= 0.3 is 0 Å². The van der Waals surface area contributed by atoms with E-state index in [1.165, 1.54) is 0 Å². The molecule has 0 fully saturated rings. The van der Waals surface area contributed by atoms with Crippen LogP contribution in [-0.2, 0) is 0 Å². The van der Waals surface area contributed by atoms with Gasteiger partial charge in [0, 0.05) is 5.69 Å². The summed E-state index contributed by atoms with van der Waals surface area (Å²) in [6.07, 6.45) is 0. The zero-order valence-electron chi connectivity index (χ0n) is 11.0. The zero-order valence-corrected chi connectivity index (χ0v) is 12.6. The molecule has 0 bridgehead atoms. The summed E-state index contributed by atoms with van der Waals surface area (Å²) in [5.41, 5.74) is 6.42. The molecule has 108 valence electrons. The molecular formula is C15H13ClN2O2S. The van der Waals surface area contributed by atoms with E-state index in [9.17, 15) is 4.79 Å². The number of anilines is 1. The van der Waals surface area contributed by atoms with Gasteiger partial charge in [0.05, 0.1) is 10.6 Å². The molecule has 2 aromatic rings. The molecule has 0 unspecified atom stereocenters. The van der Waals surface area contributed by atoms with E-state index in [0.717, 1.165) is 0 Å². The van der Waals surface area contributed by atoms with Crippen LogP contribution in [0.15, 0.2) is 48.5 Å². The molecule has 0 aliphatic rings. The number of carbonyl (C=O) groups excluding carboxylic acids is 1. The number of hydrogen-bond acceptors (Lipinski definition) is 3. The average Bonchev–Trinajstić information content (AvgIpc) is 2.47. The van der Waals surface area contributed by atoms with Crippen molar-refractivity contribution in [3.8, 4) is 5.75 Å². The molecule has 2 rings (SSSR count). The van der Waals surface area contributed by atoms with Gasteiger partial charge in [0.25, 0.3) is 5.91 Å². The van der Waals surface area contributed by atoms with Gasteiger partial charge in [-0.3, -0.25) is 4.79 Å². The van der Waals surface area contributed by atoms with Crippen LogP contribution in [0.3, 0.4) is 0 Å². The molecule has 4 nitrogen and oxygen atoms in total. The molecule has 0 aliphatic carbocycles. The first kappa shape index (κ1) is 15.3. The lowest BCUT2D eigenvalue weighted by Crippen LogP contribution is -2.17. The molecule has 0 saturated carbocycles. The van der Waals surface area contributed by atoms with Crippen molar-refractivity contribution in [2.75, 3.05) is 11.9 Å². The van der Waals surface area contributed by atoms with Crippen molar-refractivity contribution in [2.45, 2.75) is 0 Å². The molecule has 21 heavy (non-hydrogen) atoms. The summed E-state index contributed by atoms with van der Waals surface area (Å²) in [7, 11) is 0. The molecule has 0 atom stereocenters. The number of amides is 1. The van der Waals surface area contributed by atoms with Gasteiger partial charge in [-0.05, 0) is 36.4 Å². The summed E-state index contributed by atoms with van der Waals surface area (Å²) in [6.45, 7) is 0.181. The smallest absolute Gasteiger partial charge is 0.257 e. The summed E-state index contributed by atoms with van der Waals surface area (Å²) < 4.78 is 5.33. The van der Waals surface area contributed by atoms with E-state index in [2.05, 4.69) is 5.32 Å². The van der Waals surface area contributed by atoms with Gasteiger partial charge < -0.3 is 15.8 Å². The first-order valence-corrected chi connectivity index (χ1v) is 6.92. The lowest BCUT2D eigenvalue weighted by Gasteiger charge is -2.08. The van der Waals surface area contributed by atoms with Gasteiger partial charge in [0.15, 0.2) is 0 Å². The van der Waals surface area contributed by atoms with Gasteiger partial charge in [0.2, 0.25) is 0 Å². The number of carbonyl (C=O) groups is 1. The van der Waals surface area contributed by atoms with Crippen LogP contribution in [0.4, 0.5) is 5.69 Å². The van der Waals surface area contributed by atoms with Gasteiger partial charge in [-0.2, -0.15) is 0 Å². The highest BCUT2D eigenvalue weighted by atomic mass is 35.5. The van der Waals surface area contributed by atoms with Crippen LogP contribution in [-0.4, -0.2) is 17.5 Å². The Kier molecular flexibility index (Phi) is 5.14. The molecular weight excluding hydrogens is 308 g/mol. The molecule has 0 heterocycles. The van der Waals surface area contributed by atoms with Crippen molar-refractivity contribution in [3.05, 3.63) is 59.1 Å². The number of nitrogens with two attached hydrogens (primary N) is 1. The van der Waals surface area contributed by atoms with Crippen molar-refractivity contribution in [3.63, 3.8) is 0 Å². The highest BCUT2D eigenvalue weighted by Crippen LogP contribution is 2.19. The second kappa shape index (κ2) is 7.06. The number of hydrogen-bond donors (Lipinski definition) is 2. The summed E-state index contributed by atoms with van der Waals surface area (Å²) in [5.74, 6) is 0.357. The van der Waals surface area contributed by atoms with Gasteiger partial charge in [-0.15, -0.1) is 0 Å². The fourth-order valence-corrected chi connectivity index (χ4v) is 1.91. The fourth-order valence-electron chi connectivity index (χ4n) is 1.63. The minimum absolute atomic E-state index is 0.181. The summed E-state index contributed by atoms with van der Waals surface area (Å²) in [6, 6.07) is 13.8. The summed E-state index contributed by atoms with van der Waals surface area (Å²) in [4.78, 5) is 12.4. The minimum Gasteiger partial charge on any atom is -0.487 e. The van der Waals surface area contributed by atoms with Crippen LogP contribution in [0.2, 0.25) is 5.02 Å². The maximum absolute atomic E-state index is 12.1. The standard InChI is InChI=1S/C15H13ClN2O2S/c16-13-4-2-1-3-12(13)15(19)18-10-5-7-11(8-6-10)20-9-14(17)21/h1-8H,9H2,(H2,17,21)(H,18,19). The van der Waals surface area contributed by atoms with Crippen molar-refractivity contribution in [2.24, 2.45) is 5.73 Å². The van der Waals surface area contributed by atoms with E-state index in [0.29, 0.717) is 22.0 Å². The van der Waals surface area contributed by atoms with Crippen molar-refractivity contribution >= 4 is 40.4 Å². The third kappa shape index (κ3) is 4.44. The third-order valence-corrected chi connectivity index (χ3v) is 3.06. The Bertz CT molecular complexity index is 659. The molecule has 1 amide bonds. The number of ether oxygens (including phenoxy) is 1. The maximum Gasteiger partial charge on any atom is 0.257 e. The molecule has 3 N–H and O–H groups in total. The first-order chi connectivity index (χ1) is 10.1. The van der Waals surface area contributed by atoms with Crippen LogP contribution in [0.25, 0.3) is 0 Å². The van der Waals surface area contributed by atoms with Crippen molar-refractivity contribution < 1.29 is 9.53 Å². The first-order valence-electron chi connectivity index (χ1n) is 6.13. The number of thiocarbonyl (C=S) groups is 1. The Labute approximate surface area is 132 Å². The van der Waals surface area contributed by atoms with E-state index in [4.69, 9.17) is 34.3 Å². The van der Waals surface area contributed by atoms with E-state index >= 15 is 0 Å². The van der Waals surface area contributed by atoms with Crippen molar-refractivity contribution in [1.82, 2.24) is 0 Å². The van der Waals surface area contributed by atoms with E-state index in [1.807, 2.05) is 0 Å². The topological polar surface area (TPSA) is 64.3 Å². The molecule has 0 aliphatic heterocycles. The van der Waals surface area contributed by atoms with Gasteiger partial charge in [-0.1, -0.05) is 36.0 Å². The van der Waals surface area contributed by atoms with E-state index in [1.54, 1.807) is 48.5 Å². The van der Waals surface area contributed by atoms with E-state index < -0.39 is 0 Å². The monoisotopic (exact) mass is 320 g/mol. The Morgan fingerprint density at radius 1 is 1.19 bits per heavy atom. The second-order valence-corrected chi connectivity index (χ2v) is 5.14. The molecule has 0 saturated heterocycles. The average molecular weight is 321 g/mol. The van der Waals surface area contributed by atoms with Gasteiger partial charge in [0.1, 0.15) is 17.3 Å². The zero-order chi connectivity index (χ0) is 15.2. The number of halogens is 1. The van der Waals surface area contributed by atoms with Crippen LogP contribution in [0.5, 0.6) is 5.75 Å². The highest BCUT2D eigenvalue weighted by molar-refractivity contribution is 7.80. The Morgan fingerprint density at radius 3 is 2.48 bits per heavy atom. The predicted molar refractivity (Wildman–Crippen MR) is 88.1 cm³/mol. The largest absolute Gasteiger partial charge is 0.487 e. The third-order valence-electron chi connectivity index (χ3n) is 2.61. The second-order valence-electron chi connectivity index (χ2n) is 4.21. The highest BCUT2D eigenvalue weighted by Gasteiger charge is 2.09. The Hall–Kier alpha value is -2.11. The lowest BCUT2D eigenvalue weighted by molar-refractivity contribution is 0.102. The number of nitrogens with one attached hydrogen (secondary N) is 1. The summed E-state index contributed by atoms with van der Waals surface area (Å²) in [5, 5.41) is 3.17. The number of benzene rings is 2. The Morgan fingerprint density at radius 2 is 1.86 bits per heavy atom. The number of rotatable bonds is 5. The molecule has 2 aromatic carbocycles. The fraction of sp³-hybridized carbons (Fsp3) is 0.0667. The normalized spacial score (nSPS) is 9.95. The molecule has 0 aromatic heterocycles. The predicted octanol–water partition coefficient (Wildman–Crippen LogP) is 3.26. The minimum atomic E-state index is -0.266. The summed E-state index contributed by atoms with van der Waals surface area (Å²) >= 11 is 10.7. The van der Waals surface area contributed by atoms with Crippen LogP contribution >= 0.6 is 23.8 Å². The van der Waals surface area contributed by atoms with Gasteiger partial charge in [-0.25, -0.2) is 0 Å². The molecule has 0 spiro atoms.